The molecule has 4 heteroatoms. The van der Waals surface area contributed by atoms with Crippen LogP contribution in [0, 0.1) is 0 Å². The minimum Gasteiger partial charge on any atom is -1.00 e. The van der Waals surface area contributed by atoms with Gasteiger partial charge in [-0.3, -0.25) is 0 Å². The van der Waals surface area contributed by atoms with Crippen molar-refractivity contribution in [1.82, 2.24) is 0 Å². The summed E-state index contributed by atoms with van der Waals surface area (Å²) in [5.41, 5.74) is 0. The van der Waals surface area contributed by atoms with Crippen molar-refractivity contribution in [2.24, 2.45) is 0 Å². The van der Waals surface area contributed by atoms with Gasteiger partial charge in [-0.1, -0.05) is 0 Å². The predicted octanol–water partition coefficient (Wildman–Crippen LogP) is -2.50. The van der Waals surface area contributed by atoms with Crippen LogP contribution in [0.3, 0.4) is 0 Å². The Hall–Kier alpha value is 0.0662. The number of hydrogen-bond donors (Lipinski definition) is 0. The predicted molar refractivity (Wildman–Crippen MR) is 44.9 cm³/mol. The van der Waals surface area contributed by atoms with Crippen molar-refractivity contribution >= 4 is 25.4 Å². The number of methoxy groups -OCH3 is 2. The van der Waals surface area contributed by atoms with Gasteiger partial charge in [0.15, 0.2) is 0 Å². The van der Waals surface area contributed by atoms with Crippen LogP contribution in [-0.4, -0.2) is 35.9 Å². The summed E-state index contributed by atoms with van der Waals surface area (Å²) in [6.45, 7) is 0. The summed E-state index contributed by atoms with van der Waals surface area (Å²) in [6.07, 6.45) is 0. The van der Waals surface area contributed by atoms with Gasteiger partial charge in [0, 0.05) is 0 Å². The van der Waals surface area contributed by atoms with Gasteiger partial charge in [-0.2, -0.15) is 0 Å². The molecule has 0 spiro atoms. The SMILES string of the molecule is COc1ccc(OC)[c]([Mg+])c1.[Br-]. The molecule has 0 saturated carbocycles. The zero-order valence-corrected chi connectivity index (χ0v) is 10.1. The van der Waals surface area contributed by atoms with Crippen LogP contribution < -0.4 is 30.1 Å². The molecule has 0 fully saturated rings. The monoisotopic (exact) mass is 240 g/mol. The summed E-state index contributed by atoms with van der Waals surface area (Å²) in [5, 5.41) is 0. The Morgan fingerprint density at radius 3 is 2.25 bits per heavy atom. The molecule has 0 aliphatic heterocycles. The van der Waals surface area contributed by atoms with Gasteiger partial charge in [0.05, 0.1) is 0 Å². The van der Waals surface area contributed by atoms with E-state index in [0.29, 0.717) is 0 Å². The molecule has 1 aromatic carbocycles. The zero-order valence-electron chi connectivity index (χ0n) is 7.13. The molecule has 1 aromatic rings. The first-order valence-corrected chi connectivity index (χ1v) is 4.02. The van der Waals surface area contributed by atoms with E-state index in [1.807, 2.05) is 18.2 Å². The van der Waals surface area contributed by atoms with Gasteiger partial charge < -0.3 is 17.0 Å². The molecule has 0 saturated heterocycles. The van der Waals surface area contributed by atoms with Gasteiger partial charge in [-0.05, 0) is 0 Å². The molecule has 0 aliphatic carbocycles. The van der Waals surface area contributed by atoms with Crippen LogP contribution in [0.4, 0.5) is 0 Å². The molecule has 0 bridgehead atoms. The topological polar surface area (TPSA) is 18.5 Å². The van der Waals surface area contributed by atoms with Gasteiger partial charge >= 0.3 is 78.8 Å². The second-order valence-corrected chi connectivity index (χ2v) is 2.94. The smallest absolute Gasteiger partial charge is 1.00 e. The van der Waals surface area contributed by atoms with E-state index in [0.717, 1.165) is 15.2 Å². The summed E-state index contributed by atoms with van der Waals surface area (Å²) in [4.78, 5) is 0. The normalized spacial score (nSPS) is 8.67. The van der Waals surface area contributed by atoms with Crippen molar-refractivity contribution in [3.63, 3.8) is 0 Å². The molecule has 0 aromatic heterocycles. The van der Waals surface area contributed by atoms with Gasteiger partial charge in [0.1, 0.15) is 0 Å². The summed E-state index contributed by atoms with van der Waals surface area (Å²) in [6, 6.07) is 5.74. The molecule has 1 rings (SSSR count). The molecule has 0 unspecified atom stereocenters. The van der Waals surface area contributed by atoms with E-state index in [-0.39, 0.29) is 17.0 Å². The van der Waals surface area contributed by atoms with Crippen molar-refractivity contribution in [3.8, 4) is 11.5 Å². The van der Waals surface area contributed by atoms with E-state index in [2.05, 4.69) is 0 Å². The molecule has 0 N–H and O–H groups in total. The molecule has 0 radical (unpaired) electrons. The van der Waals surface area contributed by atoms with E-state index >= 15 is 0 Å². The minimum absolute atomic E-state index is 0. The Labute approximate surface area is 95.5 Å². The number of halogens is 1. The second-order valence-electron chi connectivity index (χ2n) is 2.18. The van der Waals surface area contributed by atoms with E-state index < -0.39 is 0 Å². The third-order valence-electron chi connectivity index (χ3n) is 1.49. The second kappa shape index (κ2) is 5.67. The van der Waals surface area contributed by atoms with Crippen LogP contribution in [0.5, 0.6) is 11.5 Å². The molecule has 0 aliphatic rings. The van der Waals surface area contributed by atoms with Crippen LogP contribution in [0.2, 0.25) is 0 Å². The zero-order chi connectivity index (χ0) is 8.27. The molecular formula is C8H9BrMgO2. The van der Waals surface area contributed by atoms with E-state index in [1.54, 1.807) is 35.9 Å². The molecule has 12 heavy (non-hydrogen) atoms. The van der Waals surface area contributed by atoms with Crippen molar-refractivity contribution in [2.45, 2.75) is 0 Å². The maximum absolute atomic E-state index is 5.10. The first-order valence-electron chi connectivity index (χ1n) is 3.32. The first-order chi connectivity index (χ1) is 5.27. The average Bonchev–Trinajstić information content (AvgIpc) is 2.04. The summed E-state index contributed by atoms with van der Waals surface area (Å²) >= 11 is 1.79. The van der Waals surface area contributed by atoms with Crippen molar-refractivity contribution in [3.05, 3.63) is 18.2 Å². The number of hydrogen-bond acceptors (Lipinski definition) is 2. The summed E-state index contributed by atoms with van der Waals surface area (Å²) < 4.78 is 11.3. The van der Waals surface area contributed by atoms with Crippen LogP contribution in [0.25, 0.3) is 0 Å². The van der Waals surface area contributed by atoms with E-state index in [1.165, 1.54) is 0 Å². The minimum atomic E-state index is 0. The van der Waals surface area contributed by atoms with Gasteiger partial charge in [0.2, 0.25) is 0 Å². The third-order valence-corrected chi connectivity index (χ3v) is 2.04. The molecule has 2 nitrogen and oxygen atoms in total. The largest absolute Gasteiger partial charge is 1.00 e. The van der Waals surface area contributed by atoms with E-state index in [9.17, 15) is 0 Å². The van der Waals surface area contributed by atoms with Crippen molar-refractivity contribution in [2.75, 3.05) is 14.2 Å². The standard InChI is InChI=1S/C8H9O2.BrH.Mg/c1-9-7-3-5-8(10-2)6-4-7;;/h3-5H,1-2H3;1H;/q;;+1/p-1. The summed E-state index contributed by atoms with van der Waals surface area (Å²) in [7, 11) is 3.32. The van der Waals surface area contributed by atoms with Gasteiger partial charge in [-0.15, -0.1) is 0 Å². The first kappa shape index (κ1) is 12.1. The number of ether oxygens (including phenoxy) is 2. The fourth-order valence-corrected chi connectivity index (χ4v) is 1.35. The molecule has 62 valence electrons. The maximum atomic E-state index is 5.10. The van der Waals surface area contributed by atoms with Gasteiger partial charge in [0.25, 0.3) is 0 Å². The van der Waals surface area contributed by atoms with Crippen LogP contribution in [0.15, 0.2) is 18.2 Å². The average molecular weight is 241 g/mol. The van der Waals surface area contributed by atoms with Crippen molar-refractivity contribution < 1.29 is 26.5 Å². The Kier molecular flexibility index (Phi) is 5.70. The Morgan fingerprint density at radius 1 is 1.17 bits per heavy atom. The van der Waals surface area contributed by atoms with Crippen molar-refractivity contribution in [1.29, 1.82) is 0 Å². The Balaban J connectivity index is 0.00000121. The fourth-order valence-electron chi connectivity index (χ4n) is 0.882. The maximum Gasteiger partial charge on any atom is -1.00 e. The van der Waals surface area contributed by atoms with Gasteiger partial charge in [-0.25, -0.2) is 0 Å². The number of rotatable bonds is 2. The van der Waals surface area contributed by atoms with Crippen LogP contribution in [0.1, 0.15) is 0 Å². The van der Waals surface area contributed by atoms with Crippen LogP contribution in [-0.2, 0) is 0 Å². The molecular weight excluding hydrogens is 232 g/mol. The fraction of sp³-hybridized carbons (Fsp3) is 0.250. The molecule has 0 atom stereocenters. The Bertz CT molecular complexity index is 253. The Morgan fingerprint density at radius 2 is 1.83 bits per heavy atom. The number of benzene rings is 1. The summed E-state index contributed by atoms with van der Waals surface area (Å²) in [5.74, 6) is 1.78. The van der Waals surface area contributed by atoms with Crippen LogP contribution >= 0.6 is 0 Å². The quantitative estimate of drug-likeness (QED) is 0.533. The third kappa shape index (κ3) is 2.84. The molecule has 0 amide bonds. The molecule has 0 heterocycles. The van der Waals surface area contributed by atoms with E-state index in [4.69, 9.17) is 9.47 Å².